The van der Waals surface area contributed by atoms with E-state index in [0.29, 0.717) is 12.2 Å². The Morgan fingerprint density at radius 3 is 2.67 bits per heavy atom. The molecule has 0 aliphatic carbocycles. The Morgan fingerprint density at radius 1 is 1.33 bits per heavy atom. The van der Waals surface area contributed by atoms with Crippen molar-refractivity contribution in [3.63, 3.8) is 0 Å². The number of Topliss-reactive ketones (excluding diaryl/α,β-unsaturated/α-hetero) is 1. The predicted octanol–water partition coefficient (Wildman–Crippen LogP) is 3.51. The van der Waals surface area contributed by atoms with Gasteiger partial charge in [0.15, 0.2) is 0 Å². The quantitative estimate of drug-likeness (QED) is 0.409. The van der Waals surface area contributed by atoms with Gasteiger partial charge in [0.2, 0.25) is 0 Å². The van der Waals surface area contributed by atoms with Crippen LogP contribution in [0.25, 0.3) is 0 Å². The number of methoxy groups -OCH3 is 1. The molecule has 0 amide bonds. The van der Waals surface area contributed by atoms with Gasteiger partial charge in [-0.05, 0) is 32.6 Å². The van der Waals surface area contributed by atoms with E-state index < -0.39 is 0 Å². The van der Waals surface area contributed by atoms with Crippen molar-refractivity contribution in [3.05, 3.63) is 12.7 Å². The molecule has 1 atom stereocenters. The third kappa shape index (κ3) is 9.67. The molecule has 0 aromatic carbocycles. The zero-order chi connectivity index (χ0) is 11.5. The highest BCUT2D eigenvalue weighted by atomic mass is 16.5. The summed E-state index contributed by atoms with van der Waals surface area (Å²) >= 11 is 0. The lowest BCUT2D eigenvalue weighted by molar-refractivity contribution is -0.119. The van der Waals surface area contributed by atoms with Crippen LogP contribution in [0, 0.1) is 0 Å². The Morgan fingerprint density at radius 2 is 2.07 bits per heavy atom. The summed E-state index contributed by atoms with van der Waals surface area (Å²) in [6, 6.07) is 0. The number of hydrogen-bond donors (Lipinski definition) is 0. The van der Waals surface area contributed by atoms with Gasteiger partial charge in [0.25, 0.3) is 0 Å². The van der Waals surface area contributed by atoms with Gasteiger partial charge in [-0.15, -0.1) is 6.58 Å². The predicted molar refractivity (Wildman–Crippen MR) is 64.0 cm³/mol. The van der Waals surface area contributed by atoms with Gasteiger partial charge < -0.3 is 4.74 Å². The topological polar surface area (TPSA) is 26.3 Å². The van der Waals surface area contributed by atoms with Crippen molar-refractivity contribution in [2.75, 3.05) is 7.11 Å². The fourth-order valence-electron chi connectivity index (χ4n) is 1.39. The van der Waals surface area contributed by atoms with Crippen LogP contribution in [0.3, 0.4) is 0 Å². The minimum Gasteiger partial charge on any atom is -0.382 e. The van der Waals surface area contributed by atoms with Crippen molar-refractivity contribution in [2.45, 2.75) is 58.0 Å². The normalized spacial score (nSPS) is 12.4. The largest absolute Gasteiger partial charge is 0.382 e. The van der Waals surface area contributed by atoms with Crippen LogP contribution in [-0.2, 0) is 9.53 Å². The molecular weight excluding hydrogens is 188 g/mol. The molecule has 0 spiro atoms. The van der Waals surface area contributed by atoms with E-state index in [0.717, 1.165) is 38.5 Å². The van der Waals surface area contributed by atoms with Gasteiger partial charge in [-0.1, -0.05) is 12.5 Å². The third-order valence-corrected chi connectivity index (χ3v) is 2.60. The summed E-state index contributed by atoms with van der Waals surface area (Å²) < 4.78 is 5.09. The molecule has 2 nitrogen and oxygen atoms in total. The SMILES string of the molecule is C=CCCCCCC(=O)CCC(C)OC. The highest BCUT2D eigenvalue weighted by Crippen LogP contribution is 2.08. The molecule has 0 rings (SSSR count). The number of carbonyl (C=O) groups is 1. The Bertz CT molecular complexity index is 175. The van der Waals surface area contributed by atoms with Crippen LogP contribution in [0.4, 0.5) is 0 Å². The van der Waals surface area contributed by atoms with Crippen LogP contribution in [0.15, 0.2) is 12.7 Å². The number of unbranched alkanes of at least 4 members (excludes halogenated alkanes) is 3. The van der Waals surface area contributed by atoms with E-state index in [9.17, 15) is 4.79 Å². The number of carbonyl (C=O) groups excluding carboxylic acids is 1. The van der Waals surface area contributed by atoms with Crippen LogP contribution in [0.2, 0.25) is 0 Å². The van der Waals surface area contributed by atoms with Crippen molar-refractivity contribution in [1.29, 1.82) is 0 Å². The van der Waals surface area contributed by atoms with Gasteiger partial charge in [-0.2, -0.15) is 0 Å². The Hall–Kier alpha value is -0.630. The molecule has 0 aromatic heterocycles. The molecular formula is C13H24O2. The van der Waals surface area contributed by atoms with Gasteiger partial charge in [0, 0.05) is 20.0 Å². The Kier molecular flexibility index (Phi) is 9.49. The molecule has 1 unspecified atom stereocenters. The Labute approximate surface area is 93.7 Å². The second kappa shape index (κ2) is 9.91. The van der Waals surface area contributed by atoms with Gasteiger partial charge in [-0.3, -0.25) is 4.79 Å². The van der Waals surface area contributed by atoms with Crippen molar-refractivity contribution in [2.24, 2.45) is 0 Å². The molecule has 0 aliphatic heterocycles. The number of rotatable bonds is 10. The highest BCUT2D eigenvalue weighted by molar-refractivity contribution is 5.78. The first-order chi connectivity index (χ1) is 7.20. The highest BCUT2D eigenvalue weighted by Gasteiger charge is 2.05. The molecule has 88 valence electrons. The zero-order valence-electron chi connectivity index (χ0n) is 10.1. The first-order valence-electron chi connectivity index (χ1n) is 5.86. The van der Waals surface area contributed by atoms with Crippen molar-refractivity contribution in [3.8, 4) is 0 Å². The molecule has 0 bridgehead atoms. The number of hydrogen-bond acceptors (Lipinski definition) is 2. The van der Waals surface area contributed by atoms with Crippen molar-refractivity contribution < 1.29 is 9.53 Å². The summed E-state index contributed by atoms with van der Waals surface area (Å²) in [6.45, 7) is 5.67. The number of ketones is 1. The molecule has 0 heterocycles. The summed E-state index contributed by atoms with van der Waals surface area (Å²) in [4.78, 5) is 11.4. The first-order valence-corrected chi connectivity index (χ1v) is 5.86. The molecule has 2 heteroatoms. The maximum atomic E-state index is 11.4. The Balaban J connectivity index is 3.29. The maximum absolute atomic E-state index is 11.4. The summed E-state index contributed by atoms with van der Waals surface area (Å²) in [7, 11) is 1.68. The van der Waals surface area contributed by atoms with Gasteiger partial charge in [-0.25, -0.2) is 0 Å². The number of ether oxygens (including phenoxy) is 1. The van der Waals surface area contributed by atoms with Crippen LogP contribution in [-0.4, -0.2) is 19.0 Å². The lowest BCUT2D eigenvalue weighted by Crippen LogP contribution is -2.08. The summed E-state index contributed by atoms with van der Waals surface area (Å²) in [5.41, 5.74) is 0. The fourth-order valence-corrected chi connectivity index (χ4v) is 1.39. The van der Waals surface area contributed by atoms with E-state index in [1.165, 1.54) is 0 Å². The molecule has 0 aliphatic rings. The zero-order valence-corrected chi connectivity index (χ0v) is 10.1. The van der Waals surface area contributed by atoms with E-state index in [1.807, 2.05) is 13.0 Å². The average Bonchev–Trinajstić information content (AvgIpc) is 2.25. The number of allylic oxidation sites excluding steroid dienone is 1. The van der Waals surface area contributed by atoms with Crippen molar-refractivity contribution >= 4 is 5.78 Å². The molecule has 0 saturated heterocycles. The lowest BCUT2D eigenvalue weighted by atomic mass is 10.1. The smallest absolute Gasteiger partial charge is 0.133 e. The first kappa shape index (κ1) is 14.4. The summed E-state index contributed by atoms with van der Waals surface area (Å²) in [6.07, 6.45) is 8.76. The molecule has 15 heavy (non-hydrogen) atoms. The second-order valence-corrected chi connectivity index (χ2v) is 4.01. The molecule has 0 saturated carbocycles. The van der Waals surface area contributed by atoms with Gasteiger partial charge in [0.05, 0.1) is 6.10 Å². The minimum absolute atomic E-state index is 0.203. The molecule has 0 aromatic rings. The summed E-state index contributed by atoms with van der Waals surface area (Å²) in [5, 5.41) is 0. The van der Waals surface area contributed by atoms with Gasteiger partial charge >= 0.3 is 0 Å². The maximum Gasteiger partial charge on any atom is 0.133 e. The summed E-state index contributed by atoms with van der Waals surface area (Å²) in [5.74, 6) is 0.373. The molecule has 0 fully saturated rings. The van der Waals surface area contributed by atoms with Crippen LogP contribution in [0.1, 0.15) is 51.9 Å². The molecule has 0 radical (unpaired) electrons. The second-order valence-electron chi connectivity index (χ2n) is 4.01. The van der Waals surface area contributed by atoms with E-state index in [2.05, 4.69) is 6.58 Å². The fraction of sp³-hybridized carbons (Fsp3) is 0.769. The van der Waals surface area contributed by atoms with E-state index in [-0.39, 0.29) is 6.10 Å². The van der Waals surface area contributed by atoms with E-state index in [1.54, 1.807) is 7.11 Å². The van der Waals surface area contributed by atoms with E-state index >= 15 is 0 Å². The standard InChI is InChI=1S/C13H24O2/c1-4-5-6-7-8-9-13(14)11-10-12(2)15-3/h4,12H,1,5-11H2,2-3H3. The van der Waals surface area contributed by atoms with Crippen LogP contribution >= 0.6 is 0 Å². The van der Waals surface area contributed by atoms with Crippen molar-refractivity contribution in [1.82, 2.24) is 0 Å². The third-order valence-electron chi connectivity index (χ3n) is 2.60. The minimum atomic E-state index is 0.203. The van der Waals surface area contributed by atoms with E-state index in [4.69, 9.17) is 4.74 Å². The average molecular weight is 212 g/mol. The lowest BCUT2D eigenvalue weighted by Gasteiger charge is -2.07. The van der Waals surface area contributed by atoms with Gasteiger partial charge in [0.1, 0.15) is 5.78 Å². The molecule has 0 N–H and O–H groups in total. The van der Waals surface area contributed by atoms with Crippen LogP contribution in [0.5, 0.6) is 0 Å². The monoisotopic (exact) mass is 212 g/mol. The van der Waals surface area contributed by atoms with Crippen LogP contribution < -0.4 is 0 Å².